The molecule has 168 valence electrons. The summed E-state index contributed by atoms with van der Waals surface area (Å²) in [7, 11) is 4.40. The van der Waals surface area contributed by atoms with Crippen molar-refractivity contribution in [2.45, 2.75) is 51.5 Å². The lowest BCUT2D eigenvalue weighted by atomic mass is 9.65. The molecule has 4 heteroatoms. The molecule has 0 saturated heterocycles. The van der Waals surface area contributed by atoms with E-state index in [0.717, 1.165) is 50.0 Å². The highest BCUT2D eigenvalue weighted by Gasteiger charge is 2.44. The van der Waals surface area contributed by atoms with E-state index >= 15 is 0 Å². The summed E-state index contributed by atoms with van der Waals surface area (Å²) in [6.07, 6.45) is 11.2. The summed E-state index contributed by atoms with van der Waals surface area (Å²) < 4.78 is 0. The van der Waals surface area contributed by atoms with E-state index < -0.39 is 0 Å². The van der Waals surface area contributed by atoms with E-state index in [-0.39, 0.29) is 16.9 Å². The lowest BCUT2D eigenvalue weighted by Crippen LogP contribution is -2.49. The molecule has 0 bridgehead atoms. The Labute approximate surface area is 192 Å². The minimum absolute atomic E-state index is 0.0716. The van der Waals surface area contributed by atoms with Crippen LogP contribution in [0.25, 0.3) is 5.57 Å². The van der Waals surface area contributed by atoms with Gasteiger partial charge in [0.15, 0.2) is 0 Å². The van der Waals surface area contributed by atoms with Crippen molar-refractivity contribution >= 4 is 11.5 Å². The molecule has 32 heavy (non-hydrogen) atoms. The molecule has 0 aliphatic heterocycles. The fourth-order valence-electron chi connectivity index (χ4n) is 5.39. The first-order chi connectivity index (χ1) is 15.3. The van der Waals surface area contributed by atoms with Crippen LogP contribution < -0.4 is 0 Å². The van der Waals surface area contributed by atoms with Crippen LogP contribution in [0.3, 0.4) is 0 Å². The SMILES string of the molecule is CC(=O)N(CC1(C)CCC(c2ccccc2)(N(C)C)CC1)C1=CC=C(c2ccccn2)C1. The summed E-state index contributed by atoms with van der Waals surface area (Å²) in [5.74, 6) is 0.126. The number of allylic oxidation sites excluding steroid dienone is 3. The van der Waals surface area contributed by atoms with Crippen molar-refractivity contribution in [3.05, 3.63) is 83.8 Å². The molecule has 0 spiro atoms. The number of hydrogen-bond donors (Lipinski definition) is 0. The van der Waals surface area contributed by atoms with Crippen LogP contribution in [0.1, 0.15) is 57.2 Å². The van der Waals surface area contributed by atoms with Gasteiger partial charge in [0.05, 0.1) is 5.69 Å². The summed E-state index contributed by atoms with van der Waals surface area (Å²) in [4.78, 5) is 21.6. The van der Waals surface area contributed by atoms with Crippen LogP contribution in [0.15, 0.2) is 72.6 Å². The molecule has 4 rings (SSSR count). The zero-order chi connectivity index (χ0) is 22.8. The van der Waals surface area contributed by atoms with Crippen molar-refractivity contribution in [1.82, 2.24) is 14.8 Å². The molecular formula is C28H35N3O. The van der Waals surface area contributed by atoms with Gasteiger partial charge in [0.25, 0.3) is 0 Å². The third-order valence-electron chi connectivity index (χ3n) is 7.56. The van der Waals surface area contributed by atoms with Crippen LogP contribution in [-0.4, -0.2) is 41.3 Å². The molecule has 0 unspecified atom stereocenters. The molecule has 1 saturated carbocycles. The summed E-state index contributed by atoms with van der Waals surface area (Å²) in [6, 6.07) is 16.9. The Hall–Kier alpha value is -2.72. The summed E-state index contributed by atoms with van der Waals surface area (Å²) in [5.41, 5.74) is 4.84. The number of rotatable bonds is 6. The smallest absolute Gasteiger partial charge is 0.223 e. The van der Waals surface area contributed by atoms with Gasteiger partial charge in [-0.1, -0.05) is 49.4 Å². The Morgan fingerprint density at radius 2 is 1.66 bits per heavy atom. The Morgan fingerprint density at radius 3 is 2.25 bits per heavy atom. The lowest BCUT2D eigenvalue weighted by Gasteiger charge is -2.50. The van der Waals surface area contributed by atoms with Crippen LogP contribution in [0.5, 0.6) is 0 Å². The van der Waals surface area contributed by atoms with Crippen molar-refractivity contribution in [1.29, 1.82) is 0 Å². The van der Waals surface area contributed by atoms with E-state index in [2.05, 4.69) is 73.4 Å². The zero-order valence-electron chi connectivity index (χ0n) is 19.8. The second kappa shape index (κ2) is 9.03. The van der Waals surface area contributed by atoms with Crippen molar-refractivity contribution in [3.63, 3.8) is 0 Å². The number of pyridine rings is 1. The van der Waals surface area contributed by atoms with Gasteiger partial charge in [-0.05, 0) is 74.5 Å². The molecule has 2 aliphatic carbocycles. The van der Waals surface area contributed by atoms with Crippen molar-refractivity contribution < 1.29 is 4.79 Å². The second-order valence-corrected chi connectivity index (χ2v) is 9.95. The van der Waals surface area contributed by atoms with E-state index in [1.165, 1.54) is 11.1 Å². The molecule has 0 radical (unpaired) electrons. The number of carbonyl (C=O) groups excluding carboxylic acids is 1. The molecule has 1 fully saturated rings. The van der Waals surface area contributed by atoms with Gasteiger partial charge in [0.2, 0.25) is 5.91 Å². The maximum Gasteiger partial charge on any atom is 0.223 e. The average molecular weight is 430 g/mol. The van der Waals surface area contributed by atoms with E-state index in [4.69, 9.17) is 0 Å². The Balaban J connectivity index is 1.46. The molecule has 0 N–H and O–H groups in total. The number of benzene rings is 1. The zero-order valence-corrected chi connectivity index (χ0v) is 19.8. The Morgan fingerprint density at radius 1 is 0.969 bits per heavy atom. The van der Waals surface area contributed by atoms with Crippen LogP contribution in [0.2, 0.25) is 0 Å². The van der Waals surface area contributed by atoms with Gasteiger partial charge >= 0.3 is 0 Å². The number of hydrogen-bond acceptors (Lipinski definition) is 3. The van der Waals surface area contributed by atoms with E-state index in [1.807, 2.05) is 29.3 Å². The largest absolute Gasteiger partial charge is 0.316 e. The fraction of sp³-hybridized carbons (Fsp3) is 0.429. The first-order valence-corrected chi connectivity index (χ1v) is 11.7. The first-order valence-electron chi connectivity index (χ1n) is 11.7. The van der Waals surface area contributed by atoms with Crippen molar-refractivity contribution in [2.24, 2.45) is 5.41 Å². The van der Waals surface area contributed by atoms with Crippen LogP contribution in [0.4, 0.5) is 0 Å². The minimum atomic E-state index is 0.0716. The summed E-state index contributed by atoms with van der Waals surface area (Å²) >= 11 is 0. The quantitative estimate of drug-likeness (QED) is 0.596. The van der Waals surface area contributed by atoms with Gasteiger partial charge in [0, 0.05) is 37.3 Å². The maximum absolute atomic E-state index is 12.7. The van der Waals surface area contributed by atoms with Gasteiger partial charge < -0.3 is 4.90 Å². The summed E-state index contributed by atoms with van der Waals surface area (Å²) in [5, 5.41) is 0. The first kappa shape index (κ1) is 22.5. The molecule has 1 heterocycles. The molecule has 2 aliphatic rings. The number of aromatic nitrogens is 1. The molecule has 1 amide bonds. The molecule has 2 aromatic rings. The molecule has 0 atom stereocenters. The predicted octanol–water partition coefficient (Wildman–Crippen LogP) is 5.64. The van der Waals surface area contributed by atoms with E-state index in [1.54, 1.807) is 6.92 Å². The maximum atomic E-state index is 12.7. The van der Waals surface area contributed by atoms with Crippen LogP contribution in [-0.2, 0) is 10.3 Å². The van der Waals surface area contributed by atoms with Crippen molar-refractivity contribution in [3.8, 4) is 0 Å². The highest BCUT2D eigenvalue weighted by atomic mass is 16.2. The molecule has 1 aromatic heterocycles. The summed E-state index contributed by atoms with van der Waals surface area (Å²) in [6.45, 7) is 4.83. The van der Waals surface area contributed by atoms with Crippen LogP contribution >= 0.6 is 0 Å². The Bertz CT molecular complexity index is 999. The van der Waals surface area contributed by atoms with E-state index in [9.17, 15) is 4.79 Å². The van der Waals surface area contributed by atoms with Gasteiger partial charge in [0.1, 0.15) is 0 Å². The fourth-order valence-corrected chi connectivity index (χ4v) is 5.39. The van der Waals surface area contributed by atoms with Gasteiger partial charge in [-0.3, -0.25) is 14.7 Å². The highest BCUT2D eigenvalue weighted by Crippen LogP contribution is 2.48. The van der Waals surface area contributed by atoms with Crippen molar-refractivity contribution in [2.75, 3.05) is 20.6 Å². The Kier molecular flexibility index (Phi) is 6.34. The highest BCUT2D eigenvalue weighted by molar-refractivity contribution is 5.78. The second-order valence-electron chi connectivity index (χ2n) is 9.95. The van der Waals surface area contributed by atoms with E-state index in [0.29, 0.717) is 0 Å². The average Bonchev–Trinajstić information content (AvgIpc) is 3.29. The molecular weight excluding hydrogens is 394 g/mol. The molecule has 1 aromatic carbocycles. The third kappa shape index (κ3) is 4.42. The number of nitrogens with zero attached hydrogens (tertiary/aromatic N) is 3. The van der Waals surface area contributed by atoms with Gasteiger partial charge in [-0.15, -0.1) is 0 Å². The minimum Gasteiger partial charge on any atom is -0.316 e. The monoisotopic (exact) mass is 429 g/mol. The molecule has 4 nitrogen and oxygen atoms in total. The standard InChI is InChI=1S/C28H35N3O/c1-22(32)31(25-14-13-23(20-25)26-12-8-9-19-29-26)21-27(2)15-17-28(18-16-27,30(3)4)24-10-6-5-7-11-24/h5-14,19H,15-18,20-21H2,1-4H3. The van der Waals surface area contributed by atoms with Gasteiger partial charge in [-0.25, -0.2) is 0 Å². The predicted molar refractivity (Wildman–Crippen MR) is 131 cm³/mol. The topological polar surface area (TPSA) is 36.4 Å². The van der Waals surface area contributed by atoms with Crippen LogP contribution in [0, 0.1) is 5.41 Å². The number of carbonyl (C=O) groups is 1. The lowest BCUT2D eigenvalue weighted by molar-refractivity contribution is -0.129. The normalized spacial score (nSPS) is 25.4. The number of amides is 1. The third-order valence-corrected chi connectivity index (χ3v) is 7.56. The van der Waals surface area contributed by atoms with Gasteiger partial charge in [-0.2, -0.15) is 0 Å².